The van der Waals surface area contributed by atoms with Gasteiger partial charge in [0, 0.05) is 10.0 Å². The molecule has 0 radical (unpaired) electrons. The van der Waals surface area contributed by atoms with Crippen molar-refractivity contribution >= 4 is 35.1 Å². The molecule has 0 aliphatic carbocycles. The highest BCUT2D eigenvalue weighted by atomic mass is 35.5. The predicted octanol–water partition coefficient (Wildman–Crippen LogP) is 2.55. The molecule has 78 valence electrons. The van der Waals surface area contributed by atoms with Gasteiger partial charge in [0.1, 0.15) is 0 Å². The van der Waals surface area contributed by atoms with Gasteiger partial charge in [0.2, 0.25) is 0 Å². The molecule has 1 aliphatic rings. The van der Waals surface area contributed by atoms with Gasteiger partial charge < -0.3 is 4.74 Å². The van der Waals surface area contributed by atoms with Crippen LogP contribution in [-0.2, 0) is 14.3 Å². The lowest BCUT2D eigenvalue weighted by molar-refractivity contribution is -0.152. The number of benzene rings is 1. The Morgan fingerprint density at radius 1 is 1.27 bits per heavy atom. The Kier molecular flexibility index (Phi) is 2.67. The molecule has 2 rings (SSSR count). The molecule has 1 unspecified atom stereocenters. The van der Waals surface area contributed by atoms with Crippen LogP contribution in [0.1, 0.15) is 17.9 Å². The smallest absolute Gasteiger partial charge is 0.321 e. The van der Waals surface area contributed by atoms with Crippen LogP contribution in [0.4, 0.5) is 0 Å². The molecule has 1 aromatic carbocycles. The van der Waals surface area contributed by atoms with Gasteiger partial charge in [-0.1, -0.05) is 23.2 Å². The molecule has 3 nitrogen and oxygen atoms in total. The molecule has 0 aromatic heterocycles. The van der Waals surface area contributed by atoms with Gasteiger partial charge in [-0.25, -0.2) is 0 Å². The largest absolute Gasteiger partial charge is 0.393 e. The summed E-state index contributed by atoms with van der Waals surface area (Å²) in [5, 5.41) is 0.887. The van der Waals surface area contributed by atoms with E-state index in [2.05, 4.69) is 4.74 Å². The van der Waals surface area contributed by atoms with E-state index in [9.17, 15) is 9.59 Å². The zero-order valence-corrected chi connectivity index (χ0v) is 9.01. The highest BCUT2D eigenvalue weighted by Gasteiger charge is 2.35. The molecular weight excluding hydrogens is 239 g/mol. The minimum atomic E-state index is -0.622. The summed E-state index contributed by atoms with van der Waals surface area (Å²) in [5.74, 6) is -1.71. The third kappa shape index (κ3) is 1.98. The fourth-order valence-corrected chi connectivity index (χ4v) is 1.92. The van der Waals surface area contributed by atoms with Crippen LogP contribution in [0.25, 0.3) is 0 Å². The Morgan fingerprint density at radius 2 is 2.00 bits per heavy atom. The van der Waals surface area contributed by atoms with Crippen LogP contribution in [-0.4, -0.2) is 11.9 Å². The highest BCUT2D eigenvalue weighted by molar-refractivity contribution is 6.34. The van der Waals surface area contributed by atoms with Crippen molar-refractivity contribution < 1.29 is 14.3 Å². The first-order chi connectivity index (χ1) is 7.08. The van der Waals surface area contributed by atoms with E-state index < -0.39 is 17.9 Å². The van der Waals surface area contributed by atoms with Crippen molar-refractivity contribution in [2.75, 3.05) is 0 Å². The van der Waals surface area contributed by atoms with Gasteiger partial charge >= 0.3 is 11.9 Å². The molecule has 5 heteroatoms. The van der Waals surface area contributed by atoms with Crippen LogP contribution >= 0.6 is 23.2 Å². The van der Waals surface area contributed by atoms with Gasteiger partial charge in [-0.05, 0) is 23.8 Å². The van der Waals surface area contributed by atoms with Crippen LogP contribution in [0.3, 0.4) is 0 Å². The van der Waals surface area contributed by atoms with Crippen LogP contribution < -0.4 is 0 Å². The van der Waals surface area contributed by atoms with E-state index in [0.717, 1.165) is 0 Å². The number of cyclic esters (lactones) is 2. The van der Waals surface area contributed by atoms with Crippen molar-refractivity contribution in [2.45, 2.75) is 12.3 Å². The molecule has 0 spiro atoms. The number of hydrogen-bond donors (Lipinski definition) is 0. The maximum Gasteiger partial charge on any atom is 0.321 e. The normalized spacial score (nSPS) is 20.5. The molecule has 15 heavy (non-hydrogen) atoms. The molecule has 1 aromatic rings. The average Bonchev–Trinajstić information content (AvgIpc) is 2.50. The number of esters is 2. The fraction of sp³-hybridized carbons (Fsp3) is 0.200. The summed E-state index contributed by atoms with van der Waals surface area (Å²) in [4.78, 5) is 22.2. The molecule has 0 saturated carbocycles. The number of carbonyl (C=O) groups excluding carboxylic acids is 2. The molecule has 0 bridgehead atoms. The zero-order valence-electron chi connectivity index (χ0n) is 7.50. The van der Waals surface area contributed by atoms with Crippen molar-refractivity contribution in [3.05, 3.63) is 33.8 Å². The predicted molar refractivity (Wildman–Crippen MR) is 54.9 cm³/mol. The molecule has 1 heterocycles. The fourth-order valence-electron chi connectivity index (χ4n) is 1.49. The second-order valence-corrected chi connectivity index (χ2v) is 4.06. The average molecular weight is 245 g/mol. The summed E-state index contributed by atoms with van der Waals surface area (Å²) in [6.45, 7) is 0. The number of carbonyl (C=O) groups is 2. The van der Waals surface area contributed by atoms with E-state index in [1.807, 2.05) is 0 Å². The minimum absolute atomic E-state index is 0.0267. The van der Waals surface area contributed by atoms with E-state index in [0.29, 0.717) is 15.6 Å². The third-order valence-electron chi connectivity index (χ3n) is 2.20. The van der Waals surface area contributed by atoms with Crippen LogP contribution in [0, 0.1) is 0 Å². The molecule has 1 aliphatic heterocycles. The van der Waals surface area contributed by atoms with Gasteiger partial charge in [-0.15, -0.1) is 0 Å². The van der Waals surface area contributed by atoms with E-state index >= 15 is 0 Å². The van der Waals surface area contributed by atoms with Crippen LogP contribution in [0.15, 0.2) is 18.2 Å². The Bertz CT molecular complexity index is 442. The first-order valence-corrected chi connectivity index (χ1v) is 5.03. The van der Waals surface area contributed by atoms with Crippen molar-refractivity contribution in [1.29, 1.82) is 0 Å². The SMILES string of the molecule is O=C1CC(c2cc(Cl)ccc2Cl)C(=O)O1. The Labute approximate surface area is 95.9 Å². The molecule has 1 fully saturated rings. The van der Waals surface area contributed by atoms with E-state index in [4.69, 9.17) is 23.2 Å². The number of halogens is 2. The summed E-state index contributed by atoms with van der Waals surface area (Å²) < 4.78 is 4.44. The Balaban J connectivity index is 2.41. The topological polar surface area (TPSA) is 43.4 Å². The standard InChI is InChI=1S/C10H6Cl2O3/c11-5-1-2-8(12)6(3-5)7-4-9(13)15-10(7)14/h1-3,7H,4H2. The summed E-state index contributed by atoms with van der Waals surface area (Å²) in [7, 11) is 0. The summed E-state index contributed by atoms with van der Waals surface area (Å²) in [5.41, 5.74) is 0.542. The van der Waals surface area contributed by atoms with Crippen molar-refractivity contribution in [3.8, 4) is 0 Å². The molecule has 0 N–H and O–H groups in total. The van der Waals surface area contributed by atoms with E-state index in [-0.39, 0.29) is 6.42 Å². The van der Waals surface area contributed by atoms with Crippen molar-refractivity contribution in [3.63, 3.8) is 0 Å². The lowest BCUT2D eigenvalue weighted by atomic mass is 9.98. The van der Waals surface area contributed by atoms with Gasteiger partial charge in [0.15, 0.2) is 0 Å². The van der Waals surface area contributed by atoms with Crippen LogP contribution in [0.5, 0.6) is 0 Å². The number of rotatable bonds is 1. The summed E-state index contributed by atoms with van der Waals surface area (Å²) in [6.07, 6.45) is 0.0267. The number of ether oxygens (including phenoxy) is 1. The lowest BCUT2D eigenvalue weighted by Gasteiger charge is -2.07. The van der Waals surface area contributed by atoms with E-state index in [1.165, 1.54) is 0 Å². The maximum atomic E-state index is 11.3. The lowest BCUT2D eigenvalue weighted by Crippen LogP contribution is -2.06. The Hall–Kier alpha value is -1.06. The van der Waals surface area contributed by atoms with Crippen molar-refractivity contribution in [2.24, 2.45) is 0 Å². The van der Waals surface area contributed by atoms with Crippen molar-refractivity contribution in [1.82, 2.24) is 0 Å². The quantitative estimate of drug-likeness (QED) is 0.564. The first-order valence-electron chi connectivity index (χ1n) is 4.27. The summed E-state index contributed by atoms with van der Waals surface area (Å²) in [6, 6.07) is 4.79. The van der Waals surface area contributed by atoms with Gasteiger partial charge in [-0.3, -0.25) is 9.59 Å². The molecule has 0 amide bonds. The minimum Gasteiger partial charge on any atom is -0.393 e. The third-order valence-corrected chi connectivity index (χ3v) is 2.78. The first kappa shape index (κ1) is 10.5. The van der Waals surface area contributed by atoms with Gasteiger partial charge in [0.05, 0.1) is 12.3 Å². The molecular formula is C10H6Cl2O3. The maximum absolute atomic E-state index is 11.3. The van der Waals surface area contributed by atoms with E-state index in [1.54, 1.807) is 18.2 Å². The molecule has 1 atom stereocenters. The Morgan fingerprint density at radius 3 is 2.60 bits per heavy atom. The second kappa shape index (κ2) is 3.83. The highest BCUT2D eigenvalue weighted by Crippen LogP contribution is 2.33. The van der Waals surface area contributed by atoms with Gasteiger partial charge in [0.25, 0.3) is 0 Å². The summed E-state index contributed by atoms with van der Waals surface area (Å²) >= 11 is 11.7. The molecule has 1 saturated heterocycles. The number of hydrogen-bond acceptors (Lipinski definition) is 3. The van der Waals surface area contributed by atoms with Gasteiger partial charge in [-0.2, -0.15) is 0 Å². The zero-order chi connectivity index (χ0) is 11.0. The second-order valence-electron chi connectivity index (χ2n) is 3.22. The monoisotopic (exact) mass is 244 g/mol. The van der Waals surface area contributed by atoms with Crippen LogP contribution in [0.2, 0.25) is 10.0 Å².